The Kier molecular flexibility index (Phi) is 3.57. The van der Waals surface area contributed by atoms with Crippen LogP contribution < -0.4 is 10.6 Å². The molecule has 0 aliphatic carbocycles. The van der Waals surface area contributed by atoms with Crippen molar-refractivity contribution in [2.75, 3.05) is 0 Å². The molecule has 0 fully saturated rings. The number of aromatic amines is 1. The molecule has 0 bridgehead atoms. The Morgan fingerprint density at radius 3 is 2.87 bits per heavy atom. The Labute approximate surface area is 136 Å². The van der Waals surface area contributed by atoms with Gasteiger partial charge in [0.1, 0.15) is 5.69 Å². The van der Waals surface area contributed by atoms with Crippen molar-refractivity contribution in [2.45, 2.75) is 13.8 Å². The van der Waals surface area contributed by atoms with E-state index < -0.39 is 5.91 Å². The molecule has 2 N–H and O–H groups in total. The van der Waals surface area contributed by atoms with E-state index in [0.717, 1.165) is 15.3 Å². The molecule has 23 heavy (non-hydrogen) atoms. The average molecular weight is 327 g/mol. The molecule has 0 saturated heterocycles. The van der Waals surface area contributed by atoms with E-state index >= 15 is 0 Å². The zero-order chi connectivity index (χ0) is 16.7. The van der Waals surface area contributed by atoms with Crippen molar-refractivity contribution in [1.29, 1.82) is 0 Å². The number of rotatable bonds is 1. The predicted molar refractivity (Wildman–Crippen MR) is 87.0 cm³/mol. The van der Waals surface area contributed by atoms with Gasteiger partial charge in [0.25, 0.3) is 5.91 Å². The van der Waals surface area contributed by atoms with E-state index in [1.807, 2.05) is 19.1 Å². The lowest BCUT2D eigenvalue weighted by molar-refractivity contribution is -0.114. The molecule has 2 heterocycles. The number of aryl methyl sites for hydroxylation is 1. The summed E-state index contributed by atoms with van der Waals surface area (Å²) in [5.74, 6) is -1.08. The molecular weight excluding hydrogens is 314 g/mol. The molecule has 1 aliphatic heterocycles. The highest BCUT2D eigenvalue weighted by molar-refractivity contribution is 7.71. The number of fused-ring (bicyclic) bond motifs is 1. The van der Waals surface area contributed by atoms with E-state index in [9.17, 15) is 14.7 Å². The van der Waals surface area contributed by atoms with Gasteiger partial charge in [0.15, 0.2) is 4.77 Å². The lowest BCUT2D eigenvalue weighted by atomic mass is 10.1. The van der Waals surface area contributed by atoms with Crippen LogP contribution in [0.15, 0.2) is 28.8 Å². The number of aromatic nitrogens is 2. The predicted octanol–water partition coefficient (Wildman–Crippen LogP) is 1.24. The SMILES string of the molecule is CC(=O)n1c(C=C2C=c3cc(C)ccc3=NC2=O)c(O)[nH]c1=S. The van der Waals surface area contributed by atoms with Gasteiger partial charge in [0.2, 0.25) is 11.8 Å². The molecule has 1 amide bonds. The first-order chi connectivity index (χ1) is 10.9. The van der Waals surface area contributed by atoms with Crippen LogP contribution in [0.2, 0.25) is 0 Å². The van der Waals surface area contributed by atoms with Gasteiger partial charge >= 0.3 is 0 Å². The second-order valence-electron chi connectivity index (χ2n) is 5.24. The number of imidazole rings is 1. The normalized spacial score (nSPS) is 15.0. The second-order valence-corrected chi connectivity index (χ2v) is 5.63. The molecule has 3 rings (SSSR count). The van der Waals surface area contributed by atoms with Gasteiger partial charge in [0, 0.05) is 17.7 Å². The highest BCUT2D eigenvalue weighted by Gasteiger charge is 2.16. The maximum Gasteiger partial charge on any atom is 0.277 e. The Balaban J connectivity index is 2.24. The Morgan fingerprint density at radius 1 is 1.43 bits per heavy atom. The molecule has 1 aromatic heterocycles. The van der Waals surface area contributed by atoms with Crippen LogP contribution in [0.1, 0.15) is 23.0 Å². The van der Waals surface area contributed by atoms with Crippen molar-refractivity contribution in [3.05, 3.63) is 50.4 Å². The fourth-order valence-corrected chi connectivity index (χ4v) is 2.75. The van der Waals surface area contributed by atoms with Crippen LogP contribution in [0.3, 0.4) is 0 Å². The molecule has 0 spiro atoms. The maximum atomic E-state index is 12.2. The first-order valence-electron chi connectivity index (χ1n) is 6.85. The minimum Gasteiger partial charge on any atom is -0.493 e. The number of hydrogen-bond acceptors (Lipinski definition) is 4. The summed E-state index contributed by atoms with van der Waals surface area (Å²) in [4.78, 5) is 30.4. The number of aromatic hydroxyl groups is 1. The third-order valence-corrected chi connectivity index (χ3v) is 3.77. The third-order valence-electron chi connectivity index (χ3n) is 3.48. The van der Waals surface area contributed by atoms with Crippen LogP contribution in [0.4, 0.5) is 0 Å². The van der Waals surface area contributed by atoms with E-state index in [2.05, 4.69) is 9.98 Å². The van der Waals surface area contributed by atoms with Crippen LogP contribution in [0, 0.1) is 11.7 Å². The summed E-state index contributed by atoms with van der Waals surface area (Å²) in [5, 5.41) is 11.3. The summed E-state index contributed by atoms with van der Waals surface area (Å²) >= 11 is 4.99. The minimum atomic E-state index is -0.442. The van der Waals surface area contributed by atoms with Crippen molar-refractivity contribution >= 4 is 36.2 Å². The third kappa shape index (κ3) is 2.66. The molecule has 7 heteroatoms. The number of nitrogens with zero attached hydrogens (tertiary/aromatic N) is 2. The summed E-state index contributed by atoms with van der Waals surface area (Å²) in [6.45, 7) is 3.26. The summed E-state index contributed by atoms with van der Waals surface area (Å²) in [6, 6.07) is 5.57. The van der Waals surface area contributed by atoms with Crippen molar-refractivity contribution in [2.24, 2.45) is 4.99 Å². The zero-order valence-electron chi connectivity index (χ0n) is 12.5. The van der Waals surface area contributed by atoms with Crippen molar-refractivity contribution in [3.63, 3.8) is 0 Å². The molecule has 6 nitrogen and oxygen atoms in total. The number of benzene rings is 1. The van der Waals surface area contributed by atoms with Gasteiger partial charge in [-0.15, -0.1) is 0 Å². The first-order valence-corrected chi connectivity index (χ1v) is 7.25. The number of nitrogens with one attached hydrogen (secondary N) is 1. The molecule has 1 aliphatic rings. The molecular formula is C16H13N3O3S. The van der Waals surface area contributed by atoms with E-state index in [-0.39, 0.29) is 27.8 Å². The maximum absolute atomic E-state index is 12.2. The quantitative estimate of drug-likeness (QED) is 0.609. The van der Waals surface area contributed by atoms with Crippen molar-refractivity contribution in [3.8, 4) is 5.88 Å². The largest absolute Gasteiger partial charge is 0.493 e. The summed E-state index contributed by atoms with van der Waals surface area (Å²) in [7, 11) is 0. The smallest absolute Gasteiger partial charge is 0.277 e. The Morgan fingerprint density at radius 2 is 2.17 bits per heavy atom. The van der Waals surface area contributed by atoms with Gasteiger partial charge < -0.3 is 10.1 Å². The average Bonchev–Trinajstić information content (AvgIpc) is 2.74. The molecule has 116 valence electrons. The molecule has 0 unspecified atom stereocenters. The van der Waals surface area contributed by atoms with Crippen LogP contribution >= 0.6 is 12.2 Å². The monoisotopic (exact) mass is 327 g/mol. The fourth-order valence-electron chi connectivity index (χ4n) is 2.43. The molecule has 0 atom stereocenters. The number of hydrogen-bond donors (Lipinski definition) is 2. The van der Waals surface area contributed by atoms with Crippen LogP contribution in [-0.2, 0) is 4.79 Å². The van der Waals surface area contributed by atoms with Crippen LogP contribution in [0.25, 0.3) is 12.2 Å². The number of H-pyrrole nitrogens is 1. The fraction of sp³-hybridized carbons (Fsp3) is 0.125. The van der Waals surface area contributed by atoms with E-state index in [0.29, 0.717) is 5.36 Å². The standard InChI is InChI=1S/C16H13N3O3S/c1-8-3-4-12-10(5-8)6-11(14(21)17-12)7-13-15(22)18-16(23)19(13)9(2)20/h3-7,22H,1-2H3,(H,18,23). The lowest BCUT2D eigenvalue weighted by Crippen LogP contribution is -2.30. The molecule has 2 aromatic rings. The summed E-state index contributed by atoms with van der Waals surface area (Å²) < 4.78 is 1.20. The molecule has 0 radical (unpaired) electrons. The van der Waals surface area contributed by atoms with Crippen molar-refractivity contribution in [1.82, 2.24) is 9.55 Å². The number of amides is 1. The van der Waals surface area contributed by atoms with Crippen LogP contribution in [-0.4, -0.2) is 26.5 Å². The van der Waals surface area contributed by atoms with Gasteiger partial charge in [0.05, 0.1) is 5.36 Å². The van der Waals surface area contributed by atoms with E-state index in [4.69, 9.17) is 12.2 Å². The topological polar surface area (TPSA) is 87.4 Å². The van der Waals surface area contributed by atoms with E-state index in [1.165, 1.54) is 13.0 Å². The number of carbonyl (C=O) groups is 2. The Bertz CT molecular complexity index is 1060. The zero-order valence-corrected chi connectivity index (χ0v) is 13.3. The lowest BCUT2D eigenvalue weighted by Gasteiger charge is -2.05. The van der Waals surface area contributed by atoms with Gasteiger partial charge in [-0.05, 0) is 43.4 Å². The molecule has 1 aromatic carbocycles. The Hall–Kier alpha value is -2.80. The highest BCUT2D eigenvalue weighted by Crippen LogP contribution is 2.20. The second kappa shape index (κ2) is 5.44. The number of carbonyl (C=O) groups excluding carboxylic acids is 2. The van der Waals surface area contributed by atoms with Crippen molar-refractivity contribution < 1.29 is 14.7 Å². The highest BCUT2D eigenvalue weighted by atomic mass is 32.1. The summed E-state index contributed by atoms with van der Waals surface area (Å²) in [6.07, 6.45) is 3.08. The minimum absolute atomic E-state index is 0.0679. The van der Waals surface area contributed by atoms with Gasteiger partial charge in [-0.2, -0.15) is 0 Å². The van der Waals surface area contributed by atoms with Gasteiger partial charge in [-0.3, -0.25) is 14.2 Å². The van der Waals surface area contributed by atoms with Gasteiger partial charge in [-0.25, -0.2) is 4.99 Å². The summed E-state index contributed by atoms with van der Waals surface area (Å²) in [5.41, 5.74) is 1.44. The first kappa shape index (κ1) is 15.1. The van der Waals surface area contributed by atoms with Gasteiger partial charge in [-0.1, -0.05) is 11.6 Å². The molecule has 0 saturated carbocycles. The van der Waals surface area contributed by atoms with Crippen LogP contribution in [0.5, 0.6) is 5.88 Å². The van der Waals surface area contributed by atoms with E-state index in [1.54, 1.807) is 12.1 Å².